The lowest BCUT2D eigenvalue weighted by atomic mass is 10.0. The van der Waals surface area contributed by atoms with Crippen LogP contribution in [0, 0.1) is 0 Å². The highest BCUT2D eigenvalue weighted by Crippen LogP contribution is 2.25. The van der Waals surface area contributed by atoms with Gasteiger partial charge >= 0.3 is 0 Å². The molecule has 1 aliphatic heterocycles. The SMILES string of the molecule is NC(=O)C1CCN1c1cc(N)ccn1. The molecule has 1 unspecified atom stereocenters. The van der Waals surface area contributed by atoms with Crippen molar-refractivity contribution in [1.82, 2.24) is 4.98 Å². The Morgan fingerprint density at radius 3 is 2.93 bits per heavy atom. The Morgan fingerprint density at radius 1 is 1.64 bits per heavy atom. The fraction of sp³-hybridized carbons (Fsp3) is 0.333. The Hall–Kier alpha value is -1.78. The van der Waals surface area contributed by atoms with E-state index in [0.717, 1.165) is 18.8 Å². The molecule has 4 N–H and O–H groups in total. The molecule has 2 heterocycles. The number of nitrogens with two attached hydrogens (primary N) is 2. The van der Waals surface area contributed by atoms with Gasteiger partial charge in [0.25, 0.3) is 0 Å². The number of hydrogen-bond acceptors (Lipinski definition) is 4. The lowest BCUT2D eigenvalue weighted by molar-refractivity contribution is -0.120. The third-order valence-electron chi connectivity index (χ3n) is 2.41. The second kappa shape index (κ2) is 3.17. The number of nitrogens with zero attached hydrogens (tertiary/aromatic N) is 2. The normalized spacial score (nSPS) is 20.3. The minimum Gasteiger partial charge on any atom is -0.399 e. The molecule has 1 aromatic heterocycles. The number of rotatable bonds is 2. The molecule has 5 nitrogen and oxygen atoms in total. The van der Waals surface area contributed by atoms with Crippen LogP contribution in [0.15, 0.2) is 18.3 Å². The molecule has 1 fully saturated rings. The van der Waals surface area contributed by atoms with Crippen LogP contribution in [0.2, 0.25) is 0 Å². The van der Waals surface area contributed by atoms with E-state index in [0.29, 0.717) is 5.69 Å². The second-order valence-corrected chi connectivity index (χ2v) is 3.35. The van der Waals surface area contributed by atoms with E-state index < -0.39 is 0 Å². The molecule has 1 atom stereocenters. The first-order valence-electron chi connectivity index (χ1n) is 4.46. The van der Waals surface area contributed by atoms with Crippen molar-refractivity contribution in [1.29, 1.82) is 0 Å². The van der Waals surface area contributed by atoms with Crippen molar-refractivity contribution >= 4 is 17.4 Å². The molecule has 0 saturated carbocycles. The Morgan fingerprint density at radius 2 is 2.43 bits per heavy atom. The molecule has 14 heavy (non-hydrogen) atoms. The van der Waals surface area contributed by atoms with Crippen molar-refractivity contribution in [3.05, 3.63) is 18.3 Å². The average molecular weight is 192 g/mol. The number of carbonyl (C=O) groups is 1. The van der Waals surface area contributed by atoms with Crippen LogP contribution in [-0.4, -0.2) is 23.5 Å². The molecule has 5 heteroatoms. The summed E-state index contributed by atoms with van der Waals surface area (Å²) < 4.78 is 0. The van der Waals surface area contributed by atoms with E-state index in [1.165, 1.54) is 0 Å². The molecule has 74 valence electrons. The maximum absolute atomic E-state index is 11.0. The number of anilines is 2. The van der Waals surface area contributed by atoms with Crippen LogP contribution in [-0.2, 0) is 4.79 Å². The Bertz CT molecular complexity index is 366. The maximum Gasteiger partial charge on any atom is 0.240 e. The van der Waals surface area contributed by atoms with Gasteiger partial charge in [-0.3, -0.25) is 4.79 Å². The van der Waals surface area contributed by atoms with Crippen molar-refractivity contribution < 1.29 is 4.79 Å². The average Bonchev–Trinajstić information content (AvgIpc) is 2.00. The summed E-state index contributed by atoms with van der Waals surface area (Å²) in [6, 6.07) is 3.24. The highest BCUT2D eigenvalue weighted by Gasteiger charge is 2.33. The van der Waals surface area contributed by atoms with Gasteiger partial charge in [0.15, 0.2) is 0 Å². The fourth-order valence-electron chi connectivity index (χ4n) is 1.55. The molecular weight excluding hydrogens is 180 g/mol. The number of amides is 1. The summed E-state index contributed by atoms with van der Waals surface area (Å²) >= 11 is 0. The van der Waals surface area contributed by atoms with E-state index in [2.05, 4.69) is 4.98 Å². The van der Waals surface area contributed by atoms with Gasteiger partial charge in [-0.25, -0.2) is 4.98 Å². The summed E-state index contributed by atoms with van der Waals surface area (Å²) in [5.74, 6) is 0.417. The summed E-state index contributed by atoms with van der Waals surface area (Å²) in [6.07, 6.45) is 2.42. The van der Waals surface area contributed by atoms with Gasteiger partial charge in [-0.15, -0.1) is 0 Å². The Balaban J connectivity index is 2.20. The highest BCUT2D eigenvalue weighted by atomic mass is 16.1. The number of primary amides is 1. The summed E-state index contributed by atoms with van der Waals surface area (Å²) in [6.45, 7) is 0.810. The standard InChI is InChI=1S/C9H12N4O/c10-6-1-3-12-8(5-6)13-4-2-7(13)9(11)14/h1,3,5,7H,2,4H2,(H2,10,12)(H2,11,14). The molecule has 1 aliphatic rings. The van der Waals surface area contributed by atoms with Gasteiger partial charge in [-0.2, -0.15) is 0 Å². The number of nitrogen functional groups attached to an aromatic ring is 1. The second-order valence-electron chi connectivity index (χ2n) is 3.35. The molecule has 0 aromatic carbocycles. The predicted octanol–water partition coefficient (Wildman–Crippen LogP) is -0.272. The van der Waals surface area contributed by atoms with Gasteiger partial charge in [-0.05, 0) is 12.5 Å². The van der Waals surface area contributed by atoms with Crippen LogP contribution in [0.5, 0.6) is 0 Å². The lowest BCUT2D eigenvalue weighted by Gasteiger charge is -2.39. The van der Waals surface area contributed by atoms with Crippen LogP contribution in [0.3, 0.4) is 0 Å². The zero-order valence-corrected chi connectivity index (χ0v) is 7.68. The first-order valence-corrected chi connectivity index (χ1v) is 4.46. The highest BCUT2D eigenvalue weighted by molar-refractivity contribution is 5.85. The van der Waals surface area contributed by atoms with E-state index in [1.807, 2.05) is 4.90 Å². The third-order valence-corrected chi connectivity index (χ3v) is 2.41. The Kier molecular flexibility index (Phi) is 1.99. The van der Waals surface area contributed by atoms with Crippen LogP contribution in [0.4, 0.5) is 11.5 Å². The smallest absolute Gasteiger partial charge is 0.240 e. The van der Waals surface area contributed by atoms with Gasteiger partial charge in [0.1, 0.15) is 11.9 Å². The predicted molar refractivity (Wildman–Crippen MR) is 53.6 cm³/mol. The Labute approximate surface area is 81.7 Å². The van der Waals surface area contributed by atoms with Crippen molar-refractivity contribution in [2.24, 2.45) is 5.73 Å². The van der Waals surface area contributed by atoms with Crippen LogP contribution in [0.1, 0.15) is 6.42 Å². The monoisotopic (exact) mass is 192 g/mol. The third kappa shape index (κ3) is 1.37. The van der Waals surface area contributed by atoms with Gasteiger partial charge in [0.2, 0.25) is 5.91 Å². The van der Waals surface area contributed by atoms with E-state index >= 15 is 0 Å². The quantitative estimate of drug-likeness (QED) is 0.675. The number of aromatic nitrogens is 1. The summed E-state index contributed by atoms with van der Waals surface area (Å²) in [5.41, 5.74) is 11.5. The fourth-order valence-corrected chi connectivity index (χ4v) is 1.55. The molecule has 0 radical (unpaired) electrons. The molecule has 0 spiro atoms. The molecular formula is C9H12N4O. The molecule has 2 rings (SSSR count). The number of hydrogen-bond donors (Lipinski definition) is 2. The van der Waals surface area contributed by atoms with Crippen molar-refractivity contribution in [2.45, 2.75) is 12.5 Å². The molecule has 1 saturated heterocycles. The molecule has 0 aliphatic carbocycles. The van der Waals surface area contributed by atoms with Crippen LogP contribution >= 0.6 is 0 Å². The van der Waals surface area contributed by atoms with Crippen LogP contribution < -0.4 is 16.4 Å². The molecule has 1 aromatic rings. The van der Waals surface area contributed by atoms with Crippen LogP contribution in [0.25, 0.3) is 0 Å². The first-order chi connectivity index (χ1) is 6.68. The minimum absolute atomic E-state index is 0.218. The topological polar surface area (TPSA) is 85.2 Å². The van der Waals surface area contributed by atoms with E-state index in [-0.39, 0.29) is 11.9 Å². The number of pyridine rings is 1. The lowest BCUT2D eigenvalue weighted by Crippen LogP contribution is -2.55. The van der Waals surface area contributed by atoms with Gasteiger partial charge in [0.05, 0.1) is 0 Å². The zero-order valence-electron chi connectivity index (χ0n) is 7.68. The minimum atomic E-state index is -0.305. The largest absolute Gasteiger partial charge is 0.399 e. The summed E-state index contributed by atoms with van der Waals surface area (Å²) in [7, 11) is 0. The van der Waals surface area contributed by atoms with E-state index in [9.17, 15) is 4.79 Å². The van der Waals surface area contributed by atoms with Gasteiger partial charge in [-0.1, -0.05) is 0 Å². The molecule has 0 bridgehead atoms. The van der Waals surface area contributed by atoms with Crippen molar-refractivity contribution in [3.63, 3.8) is 0 Å². The van der Waals surface area contributed by atoms with Crippen molar-refractivity contribution in [3.8, 4) is 0 Å². The number of carbonyl (C=O) groups excluding carboxylic acids is 1. The zero-order chi connectivity index (χ0) is 10.1. The van der Waals surface area contributed by atoms with E-state index in [4.69, 9.17) is 11.5 Å². The van der Waals surface area contributed by atoms with E-state index in [1.54, 1.807) is 18.3 Å². The van der Waals surface area contributed by atoms with Crippen molar-refractivity contribution in [2.75, 3.05) is 17.2 Å². The maximum atomic E-state index is 11.0. The summed E-state index contributed by atoms with van der Waals surface area (Å²) in [5, 5.41) is 0. The summed E-state index contributed by atoms with van der Waals surface area (Å²) in [4.78, 5) is 17.0. The van der Waals surface area contributed by atoms with Gasteiger partial charge < -0.3 is 16.4 Å². The molecule has 1 amide bonds. The first kappa shape index (κ1) is 8.80. The van der Waals surface area contributed by atoms with Gasteiger partial charge in [0, 0.05) is 24.5 Å².